The first-order valence-corrected chi connectivity index (χ1v) is 7.50. The molecule has 0 saturated heterocycles. The van der Waals surface area contributed by atoms with Crippen LogP contribution in [0.1, 0.15) is 51.9 Å². The summed E-state index contributed by atoms with van der Waals surface area (Å²) >= 11 is 0. The summed E-state index contributed by atoms with van der Waals surface area (Å²) in [6.45, 7) is 2.17. The van der Waals surface area contributed by atoms with Crippen LogP contribution < -0.4 is 11.1 Å². The van der Waals surface area contributed by atoms with Crippen LogP contribution in [0.15, 0.2) is 0 Å². The van der Waals surface area contributed by atoms with Gasteiger partial charge in [-0.05, 0) is 19.3 Å². The van der Waals surface area contributed by atoms with Crippen LogP contribution in [0.3, 0.4) is 0 Å². The molecule has 0 aliphatic heterocycles. The summed E-state index contributed by atoms with van der Waals surface area (Å²) in [4.78, 5) is 36.2. The molecular weight excluding hydrogens is 274 g/mol. The first kappa shape index (κ1) is 17.3. The molecule has 0 unspecified atom stereocenters. The number of nitrogens with zero attached hydrogens (tertiary/aromatic N) is 1. The molecule has 1 aliphatic carbocycles. The van der Waals surface area contributed by atoms with E-state index in [1.54, 1.807) is 0 Å². The smallest absolute Gasteiger partial charge is 0.329 e. The zero-order chi connectivity index (χ0) is 15.9. The average molecular weight is 299 g/mol. The number of carbonyl (C=O) groups excluding carboxylic acids is 2. The van der Waals surface area contributed by atoms with E-state index >= 15 is 0 Å². The third kappa shape index (κ3) is 4.91. The van der Waals surface area contributed by atoms with Crippen LogP contribution in [0.25, 0.3) is 0 Å². The average Bonchev–Trinajstić information content (AvgIpc) is 2.43. The summed E-state index contributed by atoms with van der Waals surface area (Å²) < 4.78 is 0. The lowest BCUT2D eigenvalue weighted by atomic mass is 9.82. The molecule has 0 aromatic heterocycles. The summed E-state index contributed by atoms with van der Waals surface area (Å²) in [5.41, 5.74) is 3.94. The van der Waals surface area contributed by atoms with Gasteiger partial charge in [-0.3, -0.25) is 4.79 Å². The number of nitrogens with one attached hydrogen (secondary N) is 1. The minimum absolute atomic E-state index is 0.193. The van der Waals surface area contributed by atoms with Crippen LogP contribution in [0.2, 0.25) is 0 Å². The summed E-state index contributed by atoms with van der Waals surface area (Å²) in [6.07, 6.45) is 4.98. The van der Waals surface area contributed by atoms with Gasteiger partial charge in [0.2, 0.25) is 5.91 Å². The molecule has 120 valence electrons. The third-order valence-corrected chi connectivity index (χ3v) is 3.88. The van der Waals surface area contributed by atoms with Crippen molar-refractivity contribution in [1.82, 2.24) is 10.2 Å². The van der Waals surface area contributed by atoms with Gasteiger partial charge in [0.25, 0.3) is 0 Å². The van der Waals surface area contributed by atoms with Gasteiger partial charge in [-0.2, -0.15) is 0 Å². The maximum atomic E-state index is 12.3. The van der Waals surface area contributed by atoms with Crippen molar-refractivity contribution in [3.8, 4) is 0 Å². The topological polar surface area (TPSA) is 113 Å². The molecule has 7 heteroatoms. The number of urea groups is 1. The highest BCUT2D eigenvalue weighted by molar-refractivity contribution is 5.88. The zero-order valence-corrected chi connectivity index (χ0v) is 12.6. The van der Waals surface area contributed by atoms with E-state index in [9.17, 15) is 19.5 Å². The third-order valence-electron chi connectivity index (χ3n) is 3.88. The van der Waals surface area contributed by atoms with Crippen molar-refractivity contribution < 1.29 is 19.5 Å². The zero-order valence-electron chi connectivity index (χ0n) is 12.6. The van der Waals surface area contributed by atoms with Gasteiger partial charge in [-0.25, -0.2) is 9.59 Å². The Hall–Kier alpha value is -1.79. The van der Waals surface area contributed by atoms with Crippen molar-refractivity contribution >= 4 is 17.9 Å². The standard InChI is InChI=1S/C14H25N3O4/c1-2-3-9-17(10-11(15)18)13(21)16-14(12(19)20)7-5-4-6-8-14/h2-10H2,1H3,(H2,15,18)(H,16,21)(H,19,20). The van der Waals surface area contributed by atoms with Gasteiger partial charge in [0.15, 0.2) is 0 Å². The van der Waals surface area contributed by atoms with Crippen molar-refractivity contribution in [2.45, 2.75) is 57.4 Å². The molecule has 0 atom stereocenters. The Labute approximate surface area is 124 Å². The quantitative estimate of drug-likeness (QED) is 0.652. The number of carbonyl (C=O) groups is 3. The number of carboxylic acids is 1. The molecule has 3 amide bonds. The lowest BCUT2D eigenvalue weighted by Crippen LogP contribution is -2.59. The molecule has 0 heterocycles. The molecule has 1 rings (SSSR count). The molecule has 1 fully saturated rings. The van der Waals surface area contributed by atoms with E-state index in [0.717, 1.165) is 32.1 Å². The van der Waals surface area contributed by atoms with Crippen LogP contribution in [0.5, 0.6) is 0 Å². The fourth-order valence-corrected chi connectivity index (χ4v) is 2.62. The van der Waals surface area contributed by atoms with E-state index < -0.39 is 23.4 Å². The van der Waals surface area contributed by atoms with Crippen molar-refractivity contribution in [2.24, 2.45) is 5.73 Å². The number of primary amides is 1. The molecular formula is C14H25N3O4. The fourth-order valence-electron chi connectivity index (χ4n) is 2.62. The molecule has 7 nitrogen and oxygen atoms in total. The molecule has 0 spiro atoms. The first-order chi connectivity index (χ1) is 9.91. The van der Waals surface area contributed by atoms with Crippen molar-refractivity contribution in [3.63, 3.8) is 0 Å². The number of hydrogen-bond donors (Lipinski definition) is 3. The molecule has 0 aromatic rings. The first-order valence-electron chi connectivity index (χ1n) is 7.50. The minimum atomic E-state index is -1.21. The Bertz CT molecular complexity index is 392. The predicted octanol–water partition coefficient (Wildman–Crippen LogP) is 1.07. The second-order valence-electron chi connectivity index (χ2n) is 5.62. The number of hydrogen-bond acceptors (Lipinski definition) is 3. The summed E-state index contributed by atoms with van der Waals surface area (Å²) in [5, 5.41) is 12.1. The number of carboxylic acid groups (broad SMARTS) is 1. The molecule has 21 heavy (non-hydrogen) atoms. The Morgan fingerprint density at radius 3 is 2.33 bits per heavy atom. The second kappa shape index (κ2) is 7.85. The number of aliphatic carboxylic acids is 1. The lowest BCUT2D eigenvalue weighted by Gasteiger charge is -2.36. The van der Waals surface area contributed by atoms with E-state index in [1.807, 2.05) is 6.92 Å². The van der Waals surface area contributed by atoms with Crippen molar-refractivity contribution in [2.75, 3.05) is 13.1 Å². The summed E-state index contributed by atoms with van der Waals surface area (Å²) in [6, 6.07) is -0.522. The van der Waals surface area contributed by atoms with E-state index in [2.05, 4.69) is 5.32 Å². The molecule has 0 aromatic carbocycles. The highest BCUT2D eigenvalue weighted by Crippen LogP contribution is 2.28. The van der Waals surface area contributed by atoms with E-state index in [1.165, 1.54) is 4.90 Å². The van der Waals surface area contributed by atoms with E-state index in [-0.39, 0.29) is 6.54 Å². The SMILES string of the molecule is CCCCN(CC(N)=O)C(=O)NC1(C(=O)O)CCCCC1. The Balaban J connectivity index is 2.76. The largest absolute Gasteiger partial charge is 0.480 e. The van der Waals surface area contributed by atoms with Crippen LogP contribution >= 0.6 is 0 Å². The highest BCUT2D eigenvalue weighted by atomic mass is 16.4. The Kier molecular flexibility index (Phi) is 6.45. The normalized spacial score (nSPS) is 17.0. The predicted molar refractivity (Wildman–Crippen MR) is 77.7 cm³/mol. The number of rotatable bonds is 7. The monoisotopic (exact) mass is 299 g/mol. The summed E-state index contributed by atoms with van der Waals surface area (Å²) in [5.74, 6) is -1.61. The van der Waals surface area contributed by atoms with Gasteiger partial charge >= 0.3 is 12.0 Å². The minimum Gasteiger partial charge on any atom is -0.480 e. The van der Waals surface area contributed by atoms with E-state index in [0.29, 0.717) is 19.4 Å². The highest BCUT2D eigenvalue weighted by Gasteiger charge is 2.41. The van der Waals surface area contributed by atoms with Crippen LogP contribution in [0.4, 0.5) is 4.79 Å². The Morgan fingerprint density at radius 2 is 1.86 bits per heavy atom. The Morgan fingerprint density at radius 1 is 1.24 bits per heavy atom. The van der Waals surface area contributed by atoms with Gasteiger partial charge in [0, 0.05) is 6.54 Å². The van der Waals surface area contributed by atoms with Crippen LogP contribution in [-0.4, -0.2) is 46.5 Å². The second-order valence-corrected chi connectivity index (χ2v) is 5.62. The molecule has 0 bridgehead atoms. The fraction of sp³-hybridized carbons (Fsp3) is 0.786. The summed E-state index contributed by atoms with van der Waals surface area (Å²) in [7, 11) is 0. The van der Waals surface area contributed by atoms with Crippen molar-refractivity contribution in [1.29, 1.82) is 0 Å². The van der Waals surface area contributed by atoms with Gasteiger partial charge in [-0.15, -0.1) is 0 Å². The maximum Gasteiger partial charge on any atom is 0.329 e. The number of nitrogens with two attached hydrogens (primary N) is 1. The van der Waals surface area contributed by atoms with Crippen LogP contribution in [0, 0.1) is 0 Å². The maximum absolute atomic E-state index is 12.3. The number of unbranched alkanes of at least 4 members (excludes halogenated alkanes) is 1. The van der Waals surface area contributed by atoms with Gasteiger partial charge in [0.05, 0.1) is 0 Å². The van der Waals surface area contributed by atoms with E-state index in [4.69, 9.17) is 5.73 Å². The van der Waals surface area contributed by atoms with Crippen LogP contribution in [-0.2, 0) is 9.59 Å². The van der Waals surface area contributed by atoms with Gasteiger partial charge < -0.3 is 21.1 Å². The number of amides is 3. The van der Waals surface area contributed by atoms with Crippen molar-refractivity contribution in [3.05, 3.63) is 0 Å². The molecule has 1 aliphatic rings. The van der Waals surface area contributed by atoms with Gasteiger partial charge in [-0.1, -0.05) is 32.6 Å². The molecule has 4 N–H and O–H groups in total. The molecule has 0 radical (unpaired) electrons. The lowest BCUT2D eigenvalue weighted by molar-refractivity contribution is -0.145. The molecule has 1 saturated carbocycles. The van der Waals surface area contributed by atoms with Gasteiger partial charge in [0.1, 0.15) is 12.1 Å².